The van der Waals surface area contributed by atoms with Crippen molar-refractivity contribution in [3.05, 3.63) is 79.1 Å². The van der Waals surface area contributed by atoms with E-state index >= 15 is 0 Å². The van der Waals surface area contributed by atoms with Gasteiger partial charge in [-0.25, -0.2) is 15.0 Å². The van der Waals surface area contributed by atoms with Crippen LogP contribution in [0, 0.1) is 13.8 Å². The second-order valence-electron chi connectivity index (χ2n) is 7.94. The first-order valence-corrected chi connectivity index (χ1v) is 11.8. The van der Waals surface area contributed by atoms with Gasteiger partial charge >= 0.3 is 0 Å². The number of ether oxygens (including phenoxy) is 1. The second kappa shape index (κ2) is 9.12. The standard InChI is InChI=1S/C23H22BrN5O3S/c1-13-26-20(32-11-16-12-33-14(2)27-16)19(24)21(30)29(13)17-7-5-6-15(10-17)18-8-9-25-22(28-18)23(3,4)31/h5-10,12,31H,11H2,1-4H3. The minimum absolute atomic E-state index is 0.223. The summed E-state index contributed by atoms with van der Waals surface area (Å²) in [5.74, 6) is 1.02. The third kappa shape index (κ3) is 5.02. The van der Waals surface area contributed by atoms with E-state index in [0.29, 0.717) is 23.0 Å². The van der Waals surface area contributed by atoms with E-state index in [9.17, 15) is 9.90 Å². The summed E-state index contributed by atoms with van der Waals surface area (Å²) < 4.78 is 7.50. The highest BCUT2D eigenvalue weighted by molar-refractivity contribution is 9.10. The van der Waals surface area contributed by atoms with Crippen LogP contribution in [0.2, 0.25) is 0 Å². The van der Waals surface area contributed by atoms with E-state index in [1.54, 1.807) is 33.0 Å². The second-order valence-corrected chi connectivity index (χ2v) is 9.80. The van der Waals surface area contributed by atoms with E-state index in [4.69, 9.17) is 4.74 Å². The lowest BCUT2D eigenvalue weighted by molar-refractivity contribution is 0.0688. The van der Waals surface area contributed by atoms with Crippen LogP contribution in [-0.4, -0.2) is 29.6 Å². The van der Waals surface area contributed by atoms with Crippen LogP contribution in [0.15, 0.2) is 51.2 Å². The average Bonchev–Trinajstić information content (AvgIpc) is 3.20. The van der Waals surface area contributed by atoms with Gasteiger partial charge in [-0.3, -0.25) is 9.36 Å². The van der Waals surface area contributed by atoms with Gasteiger partial charge in [-0.05, 0) is 61.8 Å². The SMILES string of the molecule is Cc1nc(COc2nc(C)n(-c3cccc(-c4ccnc(C(C)(C)O)n4)c3)c(=O)c2Br)cs1. The Kier molecular flexibility index (Phi) is 6.42. The number of hydrogen-bond acceptors (Lipinski definition) is 8. The molecule has 0 saturated heterocycles. The maximum absolute atomic E-state index is 13.2. The summed E-state index contributed by atoms with van der Waals surface area (Å²) in [4.78, 5) is 30.7. The zero-order chi connectivity index (χ0) is 23.8. The molecule has 0 aliphatic rings. The van der Waals surface area contributed by atoms with Gasteiger partial charge in [-0.1, -0.05) is 12.1 Å². The normalized spacial score (nSPS) is 11.6. The first-order chi connectivity index (χ1) is 15.6. The monoisotopic (exact) mass is 527 g/mol. The van der Waals surface area contributed by atoms with Crippen LogP contribution in [0.25, 0.3) is 16.9 Å². The number of hydrogen-bond donors (Lipinski definition) is 1. The zero-order valence-electron chi connectivity index (χ0n) is 18.5. The molecule has 33 heavy (non-hydrogen) atoms. The Morgan fingerprint density at radius 1 is 1.18 bits per heavy atom. The Hall–Kier alpha value is -2.95. The molecule has 0 aliphatic heterocycles. The highest BCUT2D eigenvalue weighted by atomic mass is 79.9. The highest BCUT2D eigenvalue weighted by Crippen LogP contribution is 2.25. The number of halogens is 1. The van der Waals surface area contributed by atoms with Gasteiger partial charge < -0.3 is 9.84 Å². The number of nitrogens with zero attached hydrogens (tertiary/aromatic N) is 5. The molecule has 4 rings (SSSR count). The molecule has 0 aliphatic carbocycles. The Balaban J connectivity index is 1.69. The molecule has 3 aromatic heterocycles. The minimum Gasteiger partial charge on any atom is -0.470 e. The van der Waals surface area contributed by atoms with Gasteiger partial charge in [-0.2, -0.15) is 4.98 Å². The highest BCUT2D eigenvalue weighted by Gasteiger charge is 2.20. The number of aliphatic hydroxyl groups is 1. The predicted octanol–water partition coefficient (Wildman–Crippen LogP) is 4.33. The van der Waals surface area contributed by atoms with E-state index in [-0.39, 0.29) is 22.5 Å². The van der Waals surface area contributed by atoms with Gasteiger partial charge in [-0.15, -0.1) is 11.3 Å². The van der Waals surface area contributed by atoms with Crippen molar-refractivity contribution in [1.82, 2.24) is 24.5 Å². The number of aryl methyl sites for hydroxylation is 2. The number of rotatable bonds is 6. The van der Waals surface area contributed by atoms with Crippen molar-refractivity contribution in [2.24, 2.45) is 0 Å². The average molecular weight is 528 g/mol. The maximum atomic E-state index is 13.2. The van der Waals surface area contributed by atoms with Crippen molar-refractivity contribution >= 4 is 27.3 Å². The zero-order valence-corrected chi connectivity index (χ0v) is 20.9. The lowest BCUT2D eigenvalue weighted by atomic mass is 10.1. The molecule has 3 heterocycles. The summed E-state index contributed by atoms with van der Waals surface area (Å²) >= 11 is 4.89. The largest absolute Gasteiger partial charge is 0.470 e. The van der Waals surface area contributed by atoms with Gasteiger partial charge in [0.1, 0.15) is 22.5 Å². The Bertz CT molecular complexity index is 1380. The van der Waals surface area contributed by atoms with Crippen molar-refractivity contribution in [3.8, 4) is 22.8 Å². The van der Waals surface area contributed by atoms with Crippen molar-refractivity contribution in [1.29, 1.82) is 0 Å². The van der Waals surface area contributed by atoms with E-state index in [1.807, 2.05) is 36.6 Å². The first kappa shape index (κ1) is 23.2. The molecular formula is C23H22BrN5O3S. The van der Waals surface area contributed by atoms with Crippen LogP contribution in [0.5, 0.6) is 5.88 Å². The summed E-state index contributed by atoms with van der Waals surface area (Å²) in [7, 11) is 0. The third-order valence-electron chi connectivity index (χ3n) is 4.79. The van der Waals surface area contributed by atoms with Crippen LogP contribution in [0.4, 0.5) is 0 Å². The van der Waals surface area contributed by atoms with E-state index in [0.717, 1.165) is 16.3 Å². The molecule has 0 radical (unpaired) electrons. The molecule has 4 aromatic rings. The van der Waals surface area contributed by atoms with Crippen molar-refractivity contribution in [2.75, 3.05) is 0 Å². The van der Waals surface area contributed by atoms with Crippen molar-refractivity contribution in [2.45, 2.75) is 39.9 Å². The minimum atomic E-state index is -1.16. The molecule has 0 saturated carbocycles. The van der Waals surface area contributed by atoms with Crippen molar-refractivity contribution < 1.29 is 9.84 Å². The Morgan fingerprint density at radius 2 is 1.97 bits per heavy atom. The lowest BCUT2D eigenvalue weighted by Gasteiger charge is -2.16. The smallest absolute Gasteiger partial charge is 0.276 e. The molecule has 0 atom stereocenters. The fourth-order valence-corrected chi connectivity index (χ4v) is 4.20. The van der Waals surface area contributed by atoms with Gasteiger partial charge in [0, 0.05) is 17.1 Å². The molecule has 0 unspecified atom stereocenters. The number of benzene rings is 1. The maximum Gasteiger partial charge on any atom is 0.276 e. The number of thiazole rings is 1. The molecule has 0 bridgehead atoms. The van der Waals surface area contributed by atoms with Crippen LogP contribution >= 0.6 is 27.3 Å². The molecule has 1 N–H and O–H groups in total. The predicted molar refractivity (Wildman–Crippen MR) is 130 cm³/mol. The van der Waals surface area contributed by atoms with Gasteiger partial charge in [0.05, 0.1) is 22.1 Å². The van der Waals surface area contributed by atoms with E-state index < -0.39 is 5.60 Å². The number of aromatic nitrogens is 5. The van der Waals surface area contributed by atoms with Crippen LogP contribution < -0.4 is 10.3 Å². The molecule has 0 fully saturated rings. The van der Waals surface area contributed by atoms with Crippen molar-refractivity contribution in [3.63, 3.8) is 0 Å². The quantitative estimate of drug-likeness (QED) is 0.397. The van der Waals surface area contributed by atoms with Crippen LogP contribution in [-0.2, 0) is 12.2 Å². The van der Waals surface area contributed by atoms with Gasteiger partial charge in [0.2, 0.25) is 5.88 Å². The summed E-state index contributed by atoms with van der Waals surface area (Å²) in [6.07, 6.45) is 1.61. The fourth-order valence-electron chi connectivity index (χ4n) is 3.22. The Labute approximate surface area is 203 Å². The van der Waals surface area contributed by atoms with E-state index in [2.05, 4.69) is 35.9 Å². The van der Waals surface area contributed by atoms with E-state index in [1.165, 1.54) is 15.9 Å². The molecule has 0 spiro atoms. The molecule has 10 heteroatoms. The summed E-state index contributed by atoms with van der Waals surface area (Å²) in [5.41, 5.74) is 1.39. The third-order valence-corrected chi connectivity index (χ3v) is 6.29. The molecule has 0 amide bonds. The van der Waals surface area contributed by atoms with Gasteiger partial charge in [0.15, 0.2) is 5.82 Å². The topological polar surface area (TPSA) is 103 Å². The fraction of sp³-hybridized carbons (Fsp3) is 0.261. The van der Waals surface area contributed by atoms with Crippen LogP contribution in [0.1, 0.15) is 36.2 Å². The summed E-state index contributed by atoms with van der Waals surface area (Å²) in [5, 5.41) is 13.1. The summed E-state index contributed by atoms with van der Waals surface area (Å²) in [6, 6.07) is 9.15. The molecule has 8 nitrogen and oxygen atoms in total. The molecule has 170 valence electrons. The van der Waals surface area contributed by atoms with Crippen LogP contribution in [0.3, 0.4) is 0 Å². The lowest BCUT2D eigenvalue weighted by Crippen LogP contribution is -2.24. The Morgan fingerprint density at radius 3 is 2.67 bits per heavy atom. The molecular weight excluding hydrogens is 506 g/mol. The van der Waals surface area contributed by atoms with Gasteiger partial charge in [0.25, 0.3) is 5.56 Å². The molecule has 1 aromatic carbocycles. The first-order valence-electron chi connectivity index (χ1n) is 10.1. The summed E-state index contributed by atoms with van der Waals surface area (Å²) in [6.45, 7) is 7.17.